The quantitative estimate of drug-likeness (QED) is 0.878. The Morgan fingerprint density at radius 3 is 2.48 bits per heavy atom. The molecule has 0 spiro atoms. The van der Waals surface area contributed by atoms with Crippen LogP contribution in [-0.2, 0) is 4.79 Å². The third kappa shape index (κ3) is 6.26. The van der Waals surface area contributed by atoms with Crippen molar-refractivity contribution in [3.8, 4) is 5.75 Å². The topological polar surface area (TPSA) is 58.6 Å². The Bertz CT molecular complexity index is 697. The van der Waals surface area contributed by atoms with Crippen LogP contribution in [0.15, 0.2) is 42.5 Å². The summed E-state index contributed by atoms with van der Waals surface area (Å²) in [4.78, 5) is 8.90. The molecule has 4 nitrogen and oxygen atoms in total. The summed E-state index contributed by atoms with van der Waals surface area (Å²) in [5.41, 5.74) is 0. The van der Waals surface area contributed by atoms with Crippen molar-refractivity contribution in [1.82, 2.24) is 5.32 Å². The number of hydrogen-bond donors (Lipinski definition) is 2. The molecule has 1 aliphatic heterocycles. The highest BCUT2D eigenvalue weighted by molar-refractivity contribution is 5.83. The van der Waals surface area contributed by atoms with Crippen LogP contribution in [0.4, 0.5) is 13.2 Å². The number of aliphatic carboxylic acids is 1. The molecule has 7 heteroatoms. The van der Waals surface area contributed by atoms with Crippen LogP contribution in [0.3, 0.4) is 0 Å². The molecule has 0 aliphatic carbocycles. The summed E-state index contributed by atoms with van der Waals surface area (Å²) < 4.78 is 37.6. The van der Waals surface area contributed by atoms with Crippen molar-refractivity contribution in [2.45, 2.75) is 19.0 Å². The van der Waals surface area contributed by atoms with Crippen molar-refractivity contribution in [1.29, 1.82) is 0 Å². The van der Waals surface area contributed by atoms with Crippen LogP contribution in [0.1, 0.15) is 12.8 Å². The summed E-state index contributed by atoms with van der Waals surface area (Å²) in [6.07, 6.45) is -2.54. The Kier molecular flexibility index (Phi) is 6.64. The number of ether oxygens (including phenoxy) is 1. The Labute approximate surface area is 143 Å². The number of carbonyl (C=O) groups is 1. The first kappa shape index (κ1) is 19.1. The van der Waals surface area contributed by atoms with Crippen molar-refractivity contribution < 1.29 is 27.8 Å². The maximum Gasteiger partial charge on any atom is 0.490 e. The highest BCUT2D eigenvalue weighted by atomic mass is 19.4. The first-order chi connectivity index (χ1) is 11.9. The molecule has 1 saturated heterocycles. The third-order valence-corrected chi connectivity index (χ3v) is 3.85. The van der Waals surface area contributed by atoms with Crippen LogP contribution in [0, 0.1) is 5.92 Å². The lowest BCUT2D eigenvalue weighted by atomic mass is 10.0. The van der Waals surface area contributed by atoms with Crippen LogP contribution < -0.4 is 10.1 Å². The second kappa shape index (κ2) is 8.71. The maximum atomic E-state index is 10.6. The van der Waals surface area contributed by atoms with Gasteiger partial charge in [0.15, 0.2) is 0 Å². The zero-order valence-electron chi connectivity index (χ0n) is 13.6. The fourth-order valence-electron chi connectivity index (χ4n) is 2.54. The van der Waals surface area contributed by atoms with Gasteiger partial charge in [-0.05, 0) is 42.3 Å². The summed E-state index contributed by atoms with van der Waals surface area (Å²) in [6.45, 7) is 3.07. The van der Waals surface area contributed by atoms with E-state index in [0.717, 1.165) is 25.4 Å². The lowest BCUT2D eigenvalue weighted by Crippen LogP contribution is -2.33. The largest absolute Gasteiger partial charge is 0.493 e. The Morgan fingerprint density at radius 2 is 1.88 bits per heavy atom. The average molecular weight is 355 g/mol. The molecule has 0 aromatic heterocycles. The second-order valence-corrected chi connectivity index (χ2v) is 5.84. The molecular formula is C18H20F3NO3. The Morgan fingerprint density at radius 1 is 1.20 bits per heavy atom. The van der Waals surface area contributed by atoms with Crippen molar-refractivity contribution in [3.63, 3.8) is 0 Å². The predicted octanol–water partition coefficient (Wildman–Crippen LogP) is 3.85. The van der Waals surface area contributed by atoms with Gasteiger partial charge in [-0.25, -0.2) is 4.79 Å². The molecule has 1 aliphatic rings. The van der Waals surface area contributed by atoms with Gasteiger partial charge in [0.2, 0.25) is 0 Å². The molecule has 136 valence electrons. The van der Waals surface area contributed by atoms with Gasteiger partial charge < -0.3 is 15.2 Å². The van der Waals surface area contributed by atoms with Gasteiger partial charge in [-0.1, -0.05) is 30.3 Å². The summed E-state index contributed by atoms with van der Waals surface area (Å²) in [5, 5.41) is 13.1. The molecule has 0 radical (unpaired) electrons. The molecule has 2 aromatic rings. The molecule has 25 heavy (non-hydrogen) atoms. The summed E-state index contributed by atoms with van der Waals surface area (Å²) in [6, 6.07) is 14.7. The number of benzene rings is 2. The molecule has 1 fully saturated rings. The molecule has 1 heterocycles. The number of alkyl halides is 3. The van der Waals surface area contributed by atoms with E-state index in [4.69, 9.17) is 14.6 Å². The summed E-state index contributed by atoms with van der Waals surface area (Å²) in [7, 11) is 0. The molecule has 0 bridgehead atoms. The number of hydrogen-bond acceptors (Lipinski definition) is 3. The maximum absolute atomic E-state index is 10.6. The first-order valence-corrected chi connectivity index (χ1v) is 7.98. The van der Waals surface area contributed by atoms with E-state index >= 15 is 0 Å². The molecule has 0 saturated carbocycles. The van der Waals surface area contributed by atoms with Crippen molar-refractivity contribution in [3.05, 3.63) is 42.5 Å². The summed E-state index contributed by atoms with van der Waals surface area (Å²) >= 11 is 0. The molecule has 0 amide bonds. The van der Waals surface area contributed by atoms with E-state index in [1.54, 1.807) is 0 Å². The van der Waals surface area contributed by atoms with Gasteiger partial charge in [-0.3, -0.25) is 0 Å². The van der Waals surface area contributed by atoms with Gasteiger partial charge >= 0.3 is 12.1 Å². The van der Waals surface area contributed by atoms with E-state index in [0.29, 0.717) is 5.92 Å². The van der Waals surface area contributed by atoms with E-state index < -0.39 is 12.1 Å². The van der Waals surface area contributed by atoms with Gasteiger partial charge in [-0.2, -0.15) is 13.2 Å². The monoisotopic (exact) mass is 355 g/mol. The number of carboxylic acid groups (broad SMARTS) is 1. The molecule has 3 rings (SSSR count). The van der Waals surface area contributed by atoms with Crippen LogP contribution in [0.25, 0.3) is 10.8 Å². The SMILES string of the molecule is O=C(O)C(F)(F)F.c1ccc2cc(OCC3CCCNC3)ccc2c1. The van der Waals surface area contributed by atoms with E-state index in [1.165, 1.54) is 23.6 Å². The smallest absolute Gasteiger partial charge is 0.490 e. The number of carboxylic acids is 1. The highest BCUT2D eigenvalue weighted by Crippen LogP contribution is 2.21. The Balaban J connectivity index is 0.000000277. The second-order valence-electron chi connectivity index (χ2n) is 5.84. The zero-order chi connectivity index (χ0) is 18.3. The van der Waals surface area contributed by atoms with Crippen LogP contribution in [0.2, 0.25) is 0 Å². The van der Waals surface area contributed by atoms with Crippen LogP contribution >= 0.6 is 0 Å². The third-order valence-electron chi connectivity index (χ3n) is 3.85. The number of piperidine rings is 1. The average Bonchev–Trinajstić information content (AvgIpc) is 2.60. The van der Waals surface area contributed by atoms with Gasteiger partial charge in [0.25, 0.3) is 0 Å². The molecule has 2 N–H and O–H groups in total. The van der Waals surface area contributed by atoms with Gasteiger partial charge in [0.05, 0.1) is 6.61 Å². The van der Waals surface area contributed by atoms with Gasteiger partial charge in [0.1, 0.15) is 5.75 Å². The van der Waals surface area contributed by atoms with E-state index in [1.807, 2.05) is 0 Å². The number of fused-ring (bicyclic) bond motifs is 1. The molecule has 1 unspecified atom stereocenters. The zero-order valence-corrected chi connectivity index (χ0v) is 13.6. The van der Waals surface area contributed by atoms with Gasteiger partial charge in [0, 0.05) is 12.5 Å². The normalized spacial score (nSPS) is 17.5. The van der Waals surface area contributed by atoms with Crippen LogP contribution in [-0.4, -0.2) is 36.9 Å². The van der Waals surface area contributed by atoms with E-state index in [-0.39, 0.29) is 0 Å². The fraction of sp³-hybridized carbons (Fsp3) is 0.389. The first-order valence-electron chi connectivity index (χ1n) is 7.98. The number of halogens is 3. The standard InChI is InChI=1S/C16H19NO.C2HF3O2/c1-2-6-15-10-16(8-7-14(15)5-1)18-12-13-4-3-9-17-11-13;3-2(4,5)1(6)7/h1-2,5-8,10,13,17H,3-4,9,11-12H2;(H,6,7). The minimum atomic E-state index is -5.08. The van der Waals surface area contributed by atoms with Crippen molar-refractivity contribution >= 4 is 16.7 Å². The highest BCUT2D eigenvalue weighted by Gasteiger charge is 2.38. The van der Waals surface area contributed by atoms with Crippen molar-refractivity contribution in [2.75, 3.05) is 19.7 Å². The van der Waals surface area contributed by atoms with Gasteiger partial charge in [-0.15, -0.1) is 0 Å². The lowest BCUT2D eigenvalue weighted by molar-refractivity contribution is -0.192. The Hall–Kier alpha value is -2.28. The van der Waals surface area contributed by atoms with E-state index in [9.17, 15) is 13.2 Å². The minimum Gasteiger partial charge on any atom is -0.493 e. The lowest BCUT2D eigenvalue weighted by Gasteiger charge is -2.22. The number of nitrogens with one attached hydrogen (secondary N) is 1. The van der Waals surface area contributed by atoms with E-state index in [2.05, 4.69) is 47.8 Å². The molecule has 1 atom stereocenters. The summed E-state index contributed by atoms with van der Waals surface area (Å²) in [5.74, 6) is -1.11. The number of rotatable bonds is 3. The molecular weight excluding hydrogens is 335 g/mol. The van der Waals surface area contributed by atoms with Crippen LogP contribution in [0.5, 0.6) is 5.75 Å². The fourth-order valence-corrected chi connectivity index (χ4v) is 2.54. The molecule has 2 aromatic carbocycles. The predicted molar refractivity (Wildman–Crippen MR) is 88.7 cm³/mol. The minimum absolute atomic E-state index is 0.658. The van der Waals surface area contributed by atoms with Crippen molar-refractivity contribution in [2.24, 2.45) is 5.92 Å².